The van der Waals surface area contributed by atoms with E-state index in [0.29, 0.717) is 23.9 Å². The number of carbonyl (C=O) groups is 1. The lowest BCUT2D eigenvalue weighted by molar-refractivity contribution is -0.704. The van der Waals surface area contributed by atoms with Gasteiger partial charge in [0.2, 0.25) is 11.6 Å². The van der Waals surface area contributed by atoms with Crippen molar-refractivity contribution in [2.75, 3.05) is 6.61 Å². The topological polar surface area (TPSA) is 42.2 Å². The average molecular weight is 516 g/mol. The summed E-state index contributed by atoms with van der Waals surface area (Å²) in [7, 11) is 0. The molecule has 0 radical (unpaired) electrons. The number of aryl methyl sites for hydroxylation is 1. The van der Waals surface area contributed by atoms with Crippen molar-refractivity contribution < 1.29 is 14.1 Å². The maximum atomic E-state index is 12.6. The number of halogens is 1. The van der Waals surface area contributed by atoms with Crippen LogP contribution in [0.4, 0.5) is 0 Å². The van der Waals surface area contributed by atoms with Gasteiger partial charge < -0.3 is 10.1 Å². The lowest BCUT2D eigenvalue weighted by atomic mass is 10.1. The number of amides is 1. The van der Waals surface area contributed by atoms with Gasteiger partial charge in [-0.05, 0) is 18.1 Å². The van der Waals surface area contributed by atoms with Crippen LogP contribution in [-0.4, -0.2) is 12.5 Å². The number of nitrogens with zero attached hydrogens (tertiary/aromatic N) is 1. The number of hydrogen-bond donors (Lipinski definition) is 1. The smallest absolute Gasteiger partial charge is 0.224 e. The number of carbonyl (C=O) groups excluding carboxylic acids is 1. The Balaban J connectivity index is 1.62. The fraction of sp³-hybridized carbons (Fsp3) is 0.613. The van der Waals surface area contributed by atoms with E-state index in [2.05, 4.69) is 29.9 Å². The van der Waals surface area contributed by atoms with Crippen molar-refractivity contribution in [2.24, 2.45) is 0 Å². The zero-order valence-corrected chi connectivity index (χ0v) is 23.5. The number of nitrogens with one attached hydrogen (secondary N) is 1. The molecule has 36 heavy (non-hydrogen) atoms. The summed E-state index contributed by atoms with van der Waals surface area (Å²) in [5.74, 6) is 0.635. The van der Waals surface area contributed by atoms with Gasteiger partial charge in [-0.1, -0.05) is 114 Å². The minimum atomic E-state index is -0.0399. The molecule has 0 saturated heterocycles. The molecule has 200 valence electrons. The zero-order chi connectivity index (χ0) is 25.8. The fourth-order valence-electron chi connectivity index (χ4n) is 4.49. The molecule has 5 heteroatoms. The molecular weight excluding hydrogens is 468 g/mol. The number of rotatable bonds is 20. The lowest BCUT2D eigenvalue weighted by Gasteiger charge is -2.12. The molecule has 0 aliphatic carbocycles. The van der Waals surface area contributed by atoms with E-state index in [0.717, 1.165) is 30.6 Å². The third kappa shape index (κ3) is 12.3. The second-order valence-corrected chi connectivity index (χ2v) is 10.2. The summed E-state index contributed by atoms with van der Waals surface area (Å²) < 4.78 is 8.13. The van der Waals surface area contributed by atoms with Crippen molar-refractivity contribution in [1.82, 2.24) is 5.32 Å². The van der Waals surface area contributed by atoms with Crippen LogP contribution in [0.2, 0.25) is 5.02 Å². The predicted molar refractivity (Wildman–Crippen MR) is 151 cm³/mol. The summed E-state index contributed by atoms with van der Waals surface area (Å²) in [6.07, 6.45) is 19.2. The number of benzene rings is 1. The van der Waals surface area contributed by atoms with E-state index in [4.69, 9.17) is 16.3 Å². The zero-order valence-electron chi connectivity index (χ0n) is 22.7. The predicted octanol–water partition coefficient (Wildman–Crippen LogP) is 7.98. The molecule has 0 atom stereocenters. The Morgan fingerprint density at radius 2 is 1.50 bits per heavy atom. The summed E-state index contributed by atoms with van der Waals surface area (Å²) in [6, 6.07) is 11.8. The number of aromatic nitrogens is 1. The van der Waals surface area contributed by atoms with Crippen molar-refractivity contribution in [1.29, 1.82) is 0 Å². The number of ether oxygens (including phenoxy) is 1. The van der Waals surface area contributed by atoms with E-state index in [1.54, 1.807) is 0 Å². The molecule has 0 aliphatic rings. The second kappa shape index (κ2) is 19.1. The van der Waals surface area contributed by atoms with Crippen LogP contribution in [0.15, 0.2) is 42.6 Å². The fourth-order valence-corrected chi connectivity index (χ4v) is 4.73. The Hall–Kier alpha value is -2.07. The van der Waals surface area contributed by atoms with Crippen LogP contribution in [0.1, 0.15) is 109 Å². The van der Waals surface area contributed by atoms with Gasteiger partial charge in [0.25, 0.3) is 0 Å². The van der Waals surface area contributed by atoms with Gasteiger partial charge in [0, 0.05) is 18.6 Å². The second-order valence-electron chi connectivity index (χ2n) is 9.81. The highest BCUT2D eigenvalue weighted by atomic mass is 35.5. The minimum absolute atomic E-state index is 0.0399. The van der Waals surface area contributed by atoms with Gasteiger partial charge in [-0.25, -0.2) is 4.57 Å². The van der Waals surface area contributed by atoms with Gasteiger partial charge in [-0.3, -0.25) is 4.79 Å². The first-order valence-corrected chi connectivity index (χ1v) is 14.7. The highest BCUT2D eigenvalue weighted by molar-refractivity contribution is 6.33. The highest BCUT2D eigenvalue weighted by Gasteiger charge is 2.14. The number of unbranched alkanes of at least 4 members (excludes halogenated alkanes) is 11. The Morgan fingerprint density at radius 1 is 0.833 bits per heavy atom. The van der Waals surface area contributed by atoms with Crippen molar-refractivity contribution in [3.05, 3.63) is 58.9 Å². The van der Waals surface area contributed by atoms with Gasteiger partial charge in [0.15, 0.2) is 6.20 Å². The normalized spacial score (nSPS) is 11.0. The first-order valence-electron chi connectivity index (χ1n) is 14.3. The van der Waals surface area contributed by atoms with E-state index in [1.807, 2.05) is 36.4 Å². The molecule has 1 heterocycles. The first kappa shape index (κ1) is 30.2. The third-order valence-electron chi connectivity index (χ3n) is 6.62. The third-order valence-corrected chi connectivity index (χ3v) is 7.04. The number of pyridine rings is 1. The Kier molecular flexibility index (Phi) is 16.0. The van der Waals surface area contributed by atoms with Gasteiger partial charge >= 0.3 is 0 Å². The maximum absolute atomic E-state index is 12.6. The van der Waals surface area contributed by atoms with Crippen molar-refractivity contribution >= 4 is 17.5 Å². The van der Waals surface area contributed by atoms with E-state index in [9.17, 15) is 4.79 Å². The van der Waals surface area contributed by atoms with Crippen molar-refractivity contribution in [2.45, 2.75) is 117 Å². The molecule has 0 aliphatic heterocycles. The summed E-state index contributed by atoms with van der Waals surface area (Å²) in [4.78, 5) is 12.6. The van der Waals surface area contributed by atoms with Gasteiger partial charge in [0.1, 0.15) is 18.8 Å². The largest absolute Gasteiger partial charge is 0.492 e. The van der Waals surface area contributed by atoms with Crippen LogP contribution >= 0.6 is 11.6 Å². The van der Waals surface area contributed by atoms with Crippen molar-refractivity contribution in [3.8, 4) is 5.75 Å². The molecule has 4 nitrogen and oxygen atoms in total. The molecule has 1 N–H and O–H groups in total. The van der Waals surface area contributed by atoms with E-state index >= 15 is 0 Å². The quantitative estimate of drug-likeness (QED) is 0.143. The monoisotopic (exact) mass is 515 g/mol. The summed E-state index contributed by atoms with van der Waals surface area (Å²) in [5, 5.41) is 3.58. The Morgan fingerprint density at radius 3 is 2.17 bits per heavy atom. The molecule has 0 unspecified atom stereocenters. The number of hydrogen-bond acceptors (Lipinski definition) is 2. The van der Waals surface area contributed by atoms with Crippen LogP contribution < -0.4 is 14.6 Å². The van der Waals surface area contributed by atoms with E-state index in [-0.39, 0.29) is 12.3 Å². The molecule has 0 bridgehead atoms. The summed E-state index contributed by atoms with van der Waals surface area (Å²) in [6.45, 7) is 6.53. The molecule has 1 aromatic heterocycles. The average Bonchev–Trinajstić information content (AvgIpc) is 2.88. The lowest BCUT2D eigenvalue weighted by Crippen LogP contribution is -2.40. The molecule has 1 aromatic carbocycles. The Labute approximate surface area is 224 Å². The minimum Gasteiger partial charge on any atom is -0.492 e. The van der Waals surface area contributed by atoms with Gasteiger partial charge in [-0.15, -0.1) is 0 Å². The van der Waals surface area contributed by atoms with Crippen LogP contribution in [0.3, 0.4) is 0 Å². The summed E-state index contributed by atoms with van der Waals surface area (Å²) >= 11 is 6.58. The highest BCUT2D eigenvalue weighted by Crippen LogP contribution is 2.28. The molecule has 0 fully saturated rings. The molecule has 0 saturated carbocycles. The van der Waals surface area contributed by atoms with E-state index in [1.165, 1.54) is 70.6 Å². The van der Waals surface area contributed by atoms with Crippen LogP contribution in [0.5, 0.6) is 5.75 Å². The van der Waals surface area contributed by atoms with Crippen LogP contribution in [0, 0.1) is 0 Å². The maximum Gasteiger partial charge on any atom is 0.224 e. The van der Waals surface area contributed by atoms with Gasteiger partial charge in [-0.2, -0.15) is 0 Å². The molecule has 2 rings (SSSR count). The Bertz CT molecular complexity index is 871. The van der Waals surface area contributed by atoms with Crippen molar-refractivity contribution in [3.63, 3.8) is 0 Å². The standard InChI is InChI=1S/C31H47ClN2O2/c1-3-5-6-7-8-9-10-11-12-13-14-17-24-36-29-21-18-19-27(31(29)32)25-30(35)33-26-28-20-15-16-23-34(28)22-4-2/h15-16,18-21,23H,3-14,17,22,24-26H2,1-2H3/p+1. The van der Waals surface area contributed by atoms with Gasteiger partial charge in [0.05, 0.1) is 18.1 Å². The SMILES string of the molecule is CCCCCCCCCCCCCCOc1cccc(CC(=O)NCc2cccc[n+]2CCC)c1Cl. The van der Waals surface area contributed by atoms with Crippen LogP contribution in [0.25, 0.3) is 0 Å². The van der Waals surface area contributed by atoms with E-state index < -0.39 is 0 Å². The molecule has 0 spiro atoms. The molecule has 1 amide bonds. The molecule has 2 aromatic rings. The first-order chi connectivity index (χ1) is 17.7. The molecular formula is C31H48ClN2O2+. The summed E-state index contributed by atoms with van der Waals surface area (Å²) in [5.41, 5.74) is 1.90. The van der Waals surface area contributed by atoms with Crippen LogP contribution in [-0.2, 0) is 24.3 Å².